The highest BCUT2D eigenvalue weighted by atomic mass is 19.4. The van der Waals surface area contributed by atoms with Gasteiger partial charge in [0.05, 0.1) is 11.7 Å². The maximum absolute atomic E-state index is 12.7. The van der Waals surface area contributed by atoms with Crippen molar-refractivity contribution in [3.63, 3.8) is 0 Å². The molecule has 0 spiro atoms. The number of halogens is 3. The fourth-order valence-corrected chi connectivity index (χ4v) is 1.44. The van der Waals surface area contributed by atoms with Crippen LogP contribution in [0.4, 0.5) is 13.2 Å². The van der Waals surface area contributed by atoms with Crippen molar-refractivity contribution in [1.82, 2.24) is 10.3 Å². The quantitative estimate of drug-likeness (QED) is 0.879. The van der Waals surface area contributed by atoms with Crippen molar-refractivity contribution in [3.8, 4) is 0 Å². The molecule has 1 rings (SSSR count). The number of β-amino-alcohol motifs (C(OH)–C–C–N with tert-alkyl or cyclic N) is 1. The molecule has 1 unspecified atom stereocenters. The average Bonchev–Trinajstić information content (AvgIpc) is 2.24. The number of rotatable bonds is 3. The number of aliphatic hydroxyl groups is 1. The first-order chi connectivity index (χ1) is 8.11. The van der Waals surface area contributed by atoms with E-state index in [1.807, 2.05) is 20.8 Å². The third-order valence-corrected chi connectivity index (χ3v) is 2.34. The van der Waals surface area contributed by atoms with Crippen LogP contribution >= 0.6 is 0 Å². The van der Waals surface area contributed by atoms with Crippen molar-refractivity contribution in [2.45, 2.75) is 38.6 Å². The molecule has 1 atom stereocenters. The van der Waals surface area contributed by atoms with Gasteiger partial charge in [-0.3, -0.25) is 4.98 Å². The van der Waals surface area contributed by atoms with Crippen LogP contribution in [0.2, 0.25) is 0 Å². The van der Waals surface area contributed by atoms with Crippen molar-refractivity contribution in [2.24, 2.45) is 0 Å². The summed E-state index contributed by atoms with van der Waals surface area (Å²) < 4.78 is 38.2. The second kappa shape index (κ2) is 5.24. The third kappa shape index (κ3) is 4.27. The van der Waals surface area contributed by atoms with Gasteiger partial charge in [-0.15, -0.1) is 0 Å². The maximum atomic E-state index is 12.7. The molecule has 0 bridgehead atoms. The standard InChI is InChI=1S/C12H17F3N2O/c1-11(2,3)17-7-10(18)8-6-16-5-4-9(8)12(13,14)15/h4-6,10,17-18H,7H2,1-3H3. The maximum Gasteiger partial charge on any atom is 0.416 e. The Balaban J connectivity index is 2.89. The first-order valence-electron chi connectivity index (χ1n) is 5.55. The minimum Gasteiger partial charge on any atom is -0.387 e. The second-order valence-corrected chi connectivity index (χ2v) is 5.11. The summed E-state index contributed by atoms with van der Waals surface area (Å²) in [4.78, 5) is 3.64. The molecule has 0 amide bonds. The summed E-state index contributed by atoms with van der Waals surface area (Å²) in [5.74, 6) is 0. The van der Waals surface area contributed by atoms with E-state index >= 15 is 0 Å². The lowest BCUT2D eigenvalue weighted by Crippen LogP contribution is -2.38. The number of aliphatic hydroxyl groups excluding tert-OH is 1. The number of pyridine rings is 1. The number of hydrogen-bond acceptors (Lipinski definition) is 3. The van der Waals surface area contributed by atoms with Crippen molar-refractivity contribution in [2.75, 3.05) is 6.54 Å². The molecular weight excluding hydrogens is 245 g/mol. The average molecular weight is 262 g/mol. The van der Waals surface area contributed by atoms with Crippen molar-refractivity contribution < 1.29 is 18.3 Å². The zero-order valence-corrected chi connectivity index (χ0v) is 10.5. The van der Waals surface area contributed by atoms with Gasteiger partial charge < -0.3 is 10.4 Å². The van der Waals surface area contributed by atoms with Gasteiger partial charge in [-0.25, -0.2) is 0 Å². The highest BCUT2D eigenvalue weighted by Gasteiger charge is 2.35. The number of nitrogens with zero attached hydrogens (tertiary/aromatic N) is 1. The first-order valence-corrected chi connectivity index (χ1v) is 5.55. The highest BCUT2D eigenvalue weighted by Crippen LogP contribution is 2.33. The number of hydrogen-bond donors (Lipinski definition) is 2. The normalized spacial score (nSPS) is 14.6. The molecule has 1 aromatic rings. The van der Waals surface area contributed by atoms with Crippen LogP contribution in [0.3, 0.4) is 0 Å². The van der Waals surface area contributed by atoms with E-state index in [4.69, 9.17) is 0 Å². The zero-order valence-electron chi connectivity index (χ0n) is 10.5. The highest BCUT2D eigenvalue weighted by molar-refractivity contribution is 5.28. The van der Waals surface area contributed by atoms with Crippen molar-refractivity contribution in [1.29, 1.82) is 0 Å². The SMILES string of the molecule is CC(C)(C)NCC(O)c1cnccc1C(F)(F)F. The van der Waals surface area contributed by atoms with E-state index < -0.39 is 17.8 Å². The Labute approximate surface area is 104 Å². The Bertz CT molecular complexity index is 399. The lowest BCUT2D eigenvalue weighted by atomic mass is 10.0. The van der Waals surface area contributed by atoms with E-state index in [9.17, 15) is 18.3 Å². The molecule has 1 heterocycles. The summed E-state index contributed by atoms with van der Waals surface area (Å²) in [5.41, 5.74) is -1.33. The predicted octanol–water partition coefficient (Wildman–Crippen LogP) is 2.52. The largest absolute Gasteiger partial charge is 0.416 e. The van der Waals surface area contributed by atoms with E-state index in [0.29, 0.717) is 0 Å². The van der Waals surface area contributed by atoms with Crippen molar-refractivity contribution in [3.05, 3.63) is 29.6 Å². The fourth-order valence-electron chi connectivity index (χ4n) is 1.44. The summed E-state index contributed by atoms with van der Waals surface area (Å²) in [7, 11) is 0. The first kappa shape index (κ1) is 14.9. The van der Waals surface area contributed by atoms with E-state index in [1.54, 1.807) is 0 Å². The smallest absolute Gasteiger partial charge is 0.387 e. The molecular formula is C12H17F3N2O. The Morgan fingerprint density at radius 3 is 2.44 bits per heavy atom. The molecule has 0 radical (unpaired) electrons. The third-order valence-electron chi connectivity index (χ3n) is 2.34. The van der Waals surface area contributed by atoms with Crippen LogP contribution in [0.1, 0.15) is 38.0 Å². The van der Waals surface area contributed by atoms with Gasteiger partial charge in [0, 0.05) is 30.0 Å². The number of aromatic nitrogens is 1. The molecule has 18 heavy (non-hydrogen) atoms. The van der Waals surface area contributed by atoms with Gasteiger partial charge in [0.25, 0.3) is 0 Å². The summed E-state index contributed by atoms with van der Waals surface area (Å²) in [6.45, 7) is 5.65. The van der Waals surface area contributed by atoms with Crippen LogP contribution in [0.5, 0.6) is 0 Å². The molecule has 0 aromatic carbocycles. The van der Waals surface area contributed by atoms with Gasteiger partial charge in [0.1, 0.15) is 0 Å². The Hall–Kier alpha value is -1.14. The van der Waals surface area contributed by atoms with Crippen LogP contribution in [-0.4, -0.2) is 22.2 Å². The van der Waals surface area contributed by atoms with E-state index in [-0.39, 0.29) is 17.6 Å². The molecule has 3 nitrogen and oxygen atoms in total. The monoisotopic (exact) mass is 262 g/mol. The van der Waals surface area contributed by atoms with Gasteiger partial charge in [0.15, 0.2) is 0 Å². The fraction of sp³-hybridized carbons (Fsp3) is 0.583. The Kier molecular flexibility index (Phi) is 4.34. The van der Waals surface area contributed by atoms with E-state index in [0.717, 1.165) is 18.5 Å². The molecule has 6 heteroatoms. The minimum absolute atomic E-state index is 0.0400. The molecule has 0 aliphatic carbocycles. The summed E-state index contributed by atoms with van der Waals surface area (Å²) >= 11 is 0. The lowest BCUT2D eigenvalue weighted by Gasteiger charge is -2.24. The molecule has 0 saturated carbocycles. The van der Waals surface area contributed by atoms with Gasteiger partial charge in [-0.1, -0.05) is 0 Å². The second-order valence-electron chi connectivity index (χ2n) is 5.11. The Morgan fingerprint density at radius 2 is 1.94 bits per heavy atom. The predicted molar refractivity (Wildman–Crippen MR) is 62.0 cm³/mol. The van der Waals surface area contributed by atoms with Crippen LogP contribution in [0.15, 0.2) is 18.5 Å². The molecule has 0 fully saturated rings. The topological polar surface area (TPSA) is 45.1 Å². The van der Waals surface area contributed by atoms with Crippen molar-refractivity contribution >= 4 is 0 Å². The van der Waals surface area contributed by atoms with Gasteiger partial charge in [0.2, 0.25) is 0 Å². The van der Waals surface area contributed by atoms with Crippen LogP contribution in [-0.2, 0) is 6.18 Å². The number of alkyl halides is 3. The van der Waals surface area contributed by atoms with E-state index in [2.05, 4.69) is 10.3 Å². The van der Waals surface area contributed by atoms with Crippen LogP contribution < -0.4 is 5.32 Å². The van der Waals surface area contributed by atoms with Gasteiger partial charge >= 0.3 is 6.18 Å². The van der Waals surface area contributed by atoms with Crippen LogP contribution in [0.25, 0.3) is 0 Å². The van der Waals surface area contributed by atoms with Crippen LogP contribution in [0, 0.1) is 0 Å². The van der Waals surface area contributed by atoms with Gasteiger partial charge in [-0.2, -0.15) is 13.2 Å². The molecule has 0 saturated heterocycles. The van der Waals surface area contributed by atoms with Gasteiger partial charge in [-0.05, 0) is 26.8 Å². The lowest BCUT2D eigenvalue weighted by molar-refractivity contribution is -0.139. The molecule has 102 valence electrons. The molecule has 2 N–H and O–H groups in total. The zero-order chi connectivity index (χ0) is 14.0. The Morgan fingerprint density at radius 1 is 1.33 bits per heavy atom. The molecule has 0 aliphatic heterocycles. The van der Waals surface area contributed by atoms with E-state index in [1.165, 1.54) is 0 Å². The summed E-state index contributed by atoms with van der Waals surface area (Å²) in [6.07, 6.45) is -3.61. The number of nitrogens with one attached hydrogen (secondary N) is 1. The summed E-state index contributed by atoms with van der Waals surface area (Å²) in [5, 5.41) is 12.8. The molecule has 1 aromatic heterocycles. The minimum atomic E-state index is -4.49. The summed E-state index contributed by atoms with van der Waals surface area (Å²) in [6, 6.07) is 0.871. The molecule has 0 aliphatic rings.